The molecule has 6 heteroatoms. The van der Waals surface area contributed by atoms with Gasteiger partial charge in [0.15, 0.2) is 11.5 Å². The maximum Gasteiger partial charge on any atom is 0.273 e. The highest BCUT2D eigenvalue weighted by molar-refractivity contribution is 9.09. The molecule has 16 heavy (non-hydrogen) atoms. The third-order valence-corrected chi connectivity index (χ3v) is 2.87. The molecule has 0 saturated carbocycles. The van der Waals surface area contributed by atoms with E-state index in [9.17, 15) is 4.79 Å². The number of alkyl halides is 1. The Balaban J connectivity index is 2.58. The lowest BCUT2D eigenvalue weighted by Gasteiger charge is -2.11. The molecular weight excluding hydrogens is 276 g/mol. The number of halogens is 1. The van der Waals surface area contributed by atoms with Crippen LogP contribution in [0.3, 0.4) is 0 Å². The van der Waals surface area contributed by atoms with Crippen LogP contribution in [0.1, 0.15) is 29.6 Å². The van der Waals surface area contributed by atoms with E-state index in [4.69, 9.17) is 9.26 Å². The maximum absolute atomic E-state index is 11.7. The summed E-state index contributed by atoms with van der Waals surface area (Å²) < 4.78 is 9.80. The molecule has 0 bridgehead atoms. The second-order valence-corrected chi connectivity index (χ2v) is 3.99. The maximum atomic E-state index is 11.7. The second kappa shape index (κ2) is 6.65. The molecule has 0 radical (unpaired) electrons. The lowest BCUT2D eigenvalue weighted by molar-refractivity contribution is 0.0930. The molecule has 1 atom stereocenters. The molecule has 1 amide bonds. The van der Waals surface area contributed by atoms with Crippen LogP contribution in [-0.4, -0.2) is 29.5 Å². The number of hydrogen-bond acceptors (Lipinski definition) is 4. The molecule has 1 heterocycles. The number of nitrogens with zero attached hydrogens (tertiary/aromatic N) is 1. The average molecular weight is 291 g/mol. The van der Waals surface area contributed by atoms with Crippen LogP contribution in [0.4, 0.5) is 0 Å². The zero-order valence-corrected chi connectivity index (χ0v) is 10.9. The number of nitrogens with one attached hydrogen (secondary N) is 1. The lowest BCUT2D eigenvalue weighted by Crippen LogP contribution is -2.35. The van der Waals surface area contributed by atoms with Gasteiger partial charge in [0.1, 0.15) is 6.61 Å². The van der Waals surface area contributed by atoms with Crippen LogP contribution in [0.2, 0.25) is 0 Å². The zero-order valence-electron chi connectivity index (χ0n) is 9.33. The van der Waals surface area contributed by atoms with Gasteiger partial charge in [0.2, 0.25) is 0 Å². The first-order chi connectivity index (χ1) is 7.71. The predicted octanol–water partition coefficient (Wildman–Crippen LogP) is 1.72. The van der Waals surface area contributed by atoms with Crippen LogP contribution in [0.25, 0.3) is 0 Å². The van der Waals surface area contributed by atoms with Gasteiger partial charge in [0.25, 0.3) is 5.91 Å². The average Bonchev–Trinajstić information content (AvgIpc) is 2.74. The lowest BCUT2D eigenvalue weighted by atomic mass is 10.2. The minimum atomic E-state index is -0.225. The van der Waals surface area contributed by atoms with Crippen molar-refractivity contribution in [1.82, 2.24) is 10.5 Å². The van der Waals surface area contributed by atoms with E-state index in [0.717, 1.165) is 11.8 Å². The van der Waals surface area contributed by atoms with Crippen molar-refractivity contribution in [2.24, 2.45) is 0 Å². The molecular formula is C10H15BrN2O3. The minimum Gasteiger partial charge on any atom is -0.377 e. The summed E-state index contributed by atoms with van der Waals surface area (Å²) in [7, 11) is 1.56. The fourth-order valence-corrected chi connectivity index (χ4v) is 1.76. The Kier molecular flexibility index (Phi) is 5.48. The van der Waals surface area contributed by atoms with Gasteiger partial charge >= 0.3 is 0 Å². The van der Waals surface area contributed by atoms with Gasteiger partial charge in [-0.05, 0) is 6.42 Å². The Morgan fingerprint density at radius 1 is 1.75 bits per heavy atom. The molecule has 0 saturated heterocycles. The van der Waals surface area contributed by atoms with Gasteiger partial charge in [-0.2, -0.15) is 0 Å². The molecule has 1 N–H and O–H groups in total. The normalized spacial score (nSPS) is 12.4. The number of methoxy groups -OCH3 is 1. The highest BCUT2D eigenvalue weighted by Crippen LogP contribution is 2.06. The molecule has 90 valence electrons. The van der Waals surface area contributed by atoms with Gasteiger partial charge in [-0.25, -0.2) is 0 Å². The summed E-state index contributed by atoms with van der Waals surface area (Å²) in [5.74, 6) is 0.317. The molecule has 0 aliphatic carbocycles. The van der Waals surface area contributed by atoms with Gasteiger partial charge < -0.3 is 14.6 Å². The smallest absolute Gasteiger partial charge is 0.273 e. The molecule has 1 rings (SSSR count). The first kappa shape index (κ1) is 13.2. The van der Waals surface area contributed by atoms with E-state index in [-0.39, 0.29) is 17.6 Å². The van der Waals surface area contributed by atoms with Gasteiger partial charge in [0.05, 0.1) is 0 Å². The largest absolute Gasteiger partial charge is 0.377 e. The van der Waals surface area contributed by atoms with E-state index < -0.39 is 0 Å². The molecule has 1 aromatic heterocycles. The van der Waals surface area contributed by atoms with Crippen LogP contribution >= 0.6 is 15.9 Å². The zero-order chi connectivity index (χ0) is 12.0. The molecule has 0 fully saturated rings. The number of rotatable bonds is 6. The van der Waals surface area contributed by atoms with Crippen LogP contribution in [0, 0.1) is 0 Å². The Labute approximate surface area is 103 Å². The van der Waals surface area contributed by atoms with Crippen molar-refractivity contribution < 1.29 is 14.1 Å². The molecule has 1 aromatic rings. The third-order valence-electron chi connectivity index (χ3n) is 2.09. The van der Waals surface area contributed by atoms with E-state index in [1.54, 1.807) is 13.2 Å². The fourth-order valence-electron chi connectivity index (χ4n) is 1.14. The minimum absolute atomic E-state index is 0.107. The summed E-state index contributed by atoms with van der Waals surface area (Å²) in [6.45, 7) is 2.32. The number of carbonyl (C=O) groups is 1. The van der Waals surface area contributed by atoms with Crippen molar-refractivity contribution in [1.29, 1.82) is 0 Å². The Morgan fingerprint density at radius 3 is 3.06 bits per heavy atom. The van der Waals surface area contributed by atoms with Crippen LogP contribution < -0.4 is 5.32 Å². The van der Waals surface area contributed by atoms with E-state index in [0.29, 0.717) is 12.4 Å². The van der Waals surface area contributed by atoms with E-state index in [1.165, 1.54) is 0 Å². The summed E-state index contributed by atoms with van der Waals surface area (Å²) >= 11 is 3.33. The van der Waals surface area contributed by atoms with Crippen molar-refractivity contribution in [3.05, 3.63) is 17.5 Å². The number of carbonyl (C=O) groups excluding carboxylic acids is 1. The quantitative estimate of drug-likeness (QED) is 0.811. The summed E-state index contributed by atoms with van der Waals surface area (Å²) in [5, 5.41) is 7.23. The number of amides is 1. The second-order valence-electron chi connectivity index (χ2n) is 3.34. The van der Waals surface area contributed by atoms with Crippen molar-refractivity contribution in [3.63, 3.8) is 0 Å². The highest BCUT2D eigenvalue weighted by Gasteiger charge is 2.15. The van der Waals surface area contributed by atoms with Crippen molar-refractivity contribution in [2.45, 2.75) is 26.0 Å². The summed E-state index contributed by atoms with van der Waals surface area (Å²) in [6, 6.07) is 1.69. The highest BCUT2D eigenvalue weighted by atomic mass is 79.9. The first-order valence-electron chi connectivity index (χ1n) is 5.02. The van der Waals surface area contributed by atoms with Crippen molar-refractivity contribution in [3.8, 4) is 0 Å². The first-order valence-corrected chi connectivity index (χ1v) is 6.14. The van der Waals surface area contributed by atoms with E-state index in [1.807, 2.05) is 6.92 Å². The van der Waals surface area contributed by atoms with Crippen molar-refractivity contribution in [2.75, 3.05) is 12.4 Å². The van der Waals surface area contributed by atoms with Gasteiger partial charge in [-0.1, -0.05) is 28.0 Å². The molecule has 5 nitrogen and oxygen atoms in total. The van der Waals surface area contributed by atoms with Crippen LogP contribution in [0.5, 0.6) is 0 Å². The SMILES string of the molecule is CCC(CBr)NC(=O)c1cc(COC)on1. The fraction of sp³-hybridized carbons (Fsp3) is 0.600. The molecule has 0 aromatic carbocycles. The summed E-state index contributed by atoms with van der Waals surface area (Å²) in [5.41, 5.74) is 0.284. The molecule has 0 spiro atoms. The Morgan fingerprint density at radius 2 is 2.50 bits per heavy atom. The van der Waals surface area contributed by atoms with Gasteiger partial charge in [-0.15, -0.1) is 0 Å². The Bertz CT molecular complexity index is 337. The molecule has 1 unspecified atom stereocenters. The van der Waals surface area contributed by atoms with Crippen LogP contribution in [-0.2, 0) is 11.3 Å². The van der Waals surface area contributed by atoms with Crippen molar-refractivity contribution >= 4 is 21.8 Å². The number of aromatic nitrogens is 1. The summed E-state index contributed by atoms with van der Waals surface area (Å²) in [4.78, 5) is 11.7. The topological polar surface area (TPSA) is 64.4 Å². The predicted molar refractivity (Wildman–Crippen MR) is 62.6 cm³/mol. The third kappa shape index (κ3) is 3.61. The van der Waals surface area contributed by atoms with Gasteiger partial charge in [0, 0.05) is 24.5 Å². The number of hydrogen-bond donors (Lipinski definition) is 1. The van der Waals surface area contributed by atoms with Crippen LogP contribution in [0.15, 0.2) is 10.6 Å². The molecule has 0 aliphatic heterocycles. The molecule has 0 aliphatic rings. The van der Waals surface area contributed by atoms with E-state index in [2.05, 4.69) is 26.4 Å². The van der Waals surface area contributed by atoms with E-state index >= 15 is 0 Å². The number of ether oxygens (including phenoxy) is 1. The monoisotopic (exact) mass is 290 g/mol. The van der Waals surface area contributed by atoms with Gasteiger partial charge in [-0.3, -0.25) is 4.79 Å². The Hall–Kier alpha value is -0.880. The summed E-state index contributed by atoms with van der Waals surface area (Å²) in [6.07, 6.45) is 0.861. The standard InChI is InChI=1S/C10H15BrN2O3/c1-3-7(5-11)12-10(14)9-4-8(6-15-2)16-13-9/h4,7H,3,5-6H2,1-2H3,(H,12,14).